The third-order valence-electron chi connectivity index (χ3n) is 3.48. The van der Waals surface area contributed by atoms with Crippen LogP contribution < -0.4 is 5.43 Å². The molecule has 1 aromatic rings. The van der Waals surface area contributed by atoms with Crippen LogP contribution in [0.5, 0.6) is 0 Å². The number of hydrogen-bond donors (Lipinski definition) is 0. The van der Waals surface area contributed by atoms with E-state index in [0.717, 1.165) is 0 Å². The van der Waals surface area contributed by atoms with Gasteiger partial charge in [-0.1, -0.05) is 0 Å². The van der Waals surface area contributed by atoms with Gasteiger partial charge in [0.15, 0.2) is 0 Å². The van der Waals surface area contributed by atoms with Crippen molar-refractivity contribution in [3.63, 3.8) is 0 Å². The first-order chi connectivity index (χ1) is 13.6. The first-order valence-electron chi connectivity index (χ1n) is 8.16. The molecular weight excluding hydrogens is 398 g/mol. The van der Waals surface area contributed by atoms with E-state index in [0.29, 0.717) is 12.4 Å². The smallest absolute Gasteiger partial charge is 0.356 e. The Hall–Kier alpha value is -3.84. The average Bonchev–Trinajstić information content (AvgIpc) is 2.63. The highest BCUT2D eigenvalue weighted by molar-refractivity contribution is 6.20. The van der Waals surface area contributed by atoms with Crippen molar-refractivity contribution in [3.05, 3.63) is 42.8 Å². The van der Waals surface area contributed by atoms with E-state index in [1.165, 1.54) is 20.8 Å². The third-order valence-corrected chi connectivity index (χ3v) is 3.48. The molecule has 1 aromatic heterocycles. The van der Waals surface area contributed by atoms with Crippen LogP contribution in [0.3, 0.4) is 0 Å². The predicted octanol–water partition coefficient (Wildman–Crippen LogP) is 0.0493. The summed E-state index contributed by atoms with van der Waals surface area (Å²) in [5.74, 6) is -4.70. The second-order valence-electron chi connectivity index (χ2n) is 5.15. The number of rotatable bonds is 9. The van der Waals surface area contributed by atoms with Crippen molar-refractivity contribution in [1.82, 2.24) is 4.57 Å². The van der Waals surface area contributed by atoms with E-state index >= 15 is 0 Å². The van der Waals surface area contributed by atoms with E-state index in [-0.39, 0.29) is 24.4 Å². The van der Waals surface area contributed by atoms with E-state index in [2.05, 4.69) is 0 Å². The lowest BCUT2D eigenvalue weighted by Crippen LogP contribution is -2.57. The molecule has 14 heteroatoms. The molecule has 14 nitrogen and oxygen atoms in total. The largest absolute Gasteiger partial charge is 0.463 e. The van der Waals surface area contributed by atoms with E-state index in [1.54, 1.807) is 0 Å². The lowest BCUT2D eigenvalue weighted by molar-refractivity contribution is -0.397. The number of carbonyl (C=O) groups excluding carboxylic acids is 3. The van der Waals surface area contributed by atoms with Gasteiger partial charge in [-0.15, -0.1) is 0 Å². The predicted molar refractivity (Wildman–Crippen MR) is 91.9 cm³/mol. The number of hydrogen-bond acceptors (Lipinski definition) is 11. The number of ether oxygens (including phenoxy) is 3. The summed E-state index contributed by atoms with van der Waals surface area (Å²) in [7, 11) is 0. The quantitative estimate of drug-likeness (QED) is 0.174. The normalized spacial score (nSPS) is 10.7. The van der Waals surface area contributed by atoms with E-state index in [1.807, 2.05) is 0 Å². The molecule has 0 unspecified atom stereocenters. The monoisotopic (exact) mass is 415 g/mol. The van der Waals surface area contributed by atoms with Crippen LogP contribution in [0.1, 0.15) is 20.8 Å². The number of nitrogens with zero attached hydrogens (tertiary/aromatic N) is 3. The van der Waals surface area contributed by atoms with Gasteiger partial charge in [0, 0.05) is 0 Å². The van der Waals surface area contributed by atoms with Crippen LogP contribution in [0.2, 0.25) is 0 Å². The maximum absolute atomic E-state index is 12.7. The van der Waals surface area contributed by atoms with Crippen LogP contribution in [0.15, 0.2) is 17.2 Å². The Kier molecular flexibility index (Phi) is 7.51. The summed E-state index contributed by atoms with van der Waals surface area (Å²) in [6.07, 6.45) is 0.667. The van der Waals surface area contributed by atoms with E-state index in [4.69, 9.17) is 14.2 Å². The van der Waals surface area contributed by atoms with Gasteiger partial charge < -0.3 is 18.8 Å². The molecule has 0 radical (unpaired) electrons. The molecule has 0 saturated heterocycles. The molecule has 0 aliphatic heterocycles. The summed E-state index contributed by atoms with van der Waals surface area (Å²) in [6, 6.07) is 0. The zero-order valence-corrected chi connectivity index (χ0v) is 15.6. The molecule has 1 heterocycles. The van der Waals surface area contributed by atoms with Crippen molar-refractivity contribution in [1.29, 1.82) is 0 Å². The summed E-state index contributed by atoms with van der Waals surface area (Å²) in [6.45, 7) is 3.04. The molecule has 0 amide bonds. The van der Waals surface area contributed by atoms with Gasteiger partial charge in [0.2, 0.25) is 0 Å². The van der Waals surface area contributed by atoms with Crippen LogP contribution in [-0.2, 0) is 34.1 Å². The zero-order valence-electron chi connectivity index (χ0n) is 15.6. The molecule has 0 N–H and O–H groups in total. The SMILES string of the molecule is CCOC(=O)C(C(=O)OCC)(C(=O)OCC)n1cc([N+](=O)[O-])c(=O)c([N+](=O)[O-])c1. The Labute approximate surface area is 162 Å². The minimum atomic E-state index is -3.15. The van der Waals surface area contributed by atoms with Gasteiger partial charge in [-0.3, -0.25) is 25.0 Å². The highest BCUT2D eigenvalue weighted by Gasteiger charge is 2.60. The van der Waals surface area contributed by atoms with Gasteiger partial charge in [0.05, 0.1) is 42.1 Å². The third kappa shape index (κ3) is 4.20. The topological polar surface area (TPSA) is 187 Å². The Morgan fingerprint density at radius 3 is 1.41 bits per heavy atom. The fraction of sp³-hybridized carbons (Fsp3) is 0.467. The van der Waals surface area contributed by atoms with E-state index < -0.39 is 50.1 Å². The number of carbonyl (C=O) groups is 3. The first kappa shape index (κ1) is 23.2. The van der Waals surface area contributed by atoms with E-state index in [9.17, 15) is 39.4 Å². The van der Waals surface area contributed by atoms with Crippen molar-refractivity contribution in [2.24, 2.45) is 0 Å². The van der Waals surface area contributed by atoms with Crippen LogP contribution in [0, 0.1) is 20.2 Å². The molecule has 0 fully saturated rings. The van der Waals surface area contributed by atoms with Crippen LogP contribution >= 0.6 is 0 Å². The van der Waals surface area contributed by atoms with Gasteiger partial charge in [-0.2, -0.15) is 0 Å². The van der Waals surface area contributed by atoms with Gasteiger partial charge in [0.25, 0.3) is 0 Å². The van der Waals surface area contributed by atoms with Gasteiger partial charge in [-0.25, -0.2) is 14.4 Å². The fourth-order valence-electron chi connectivity index (χ4n) is 2.28. The number of nitro groups is 2. The molecule has 0 saturated carbocycles. The summed E-state index contributed by atoms with van der Waals surface area (Å²) in [5, 5.41) is 22.4. The summed E-state index contributed by atoms with van der Waals surface area (Å²) in [5.41, 5.74) is -7.46. The Balaban J connectivity index is 4.08. The molecule has 1 rings (SSSR count). The van der Waals surface area contributed by atoms with Crippen LogP contribution in [0.4, 0.5) is 11.4 Å². The maximum atomic E-state index is 12.7. The molecule has 158 valence electrons. The Bertz CT molecular complexity index is 821. The van der Waals surface area contributed by atoms with Crippen molar-refractivity contribution in [3.8, 4) is 0 Å². The second kappa shape index (κ2) is 9.38. The summed E-state index contributed by atoms with van der Waals surface area (Å²) < 4.78 is 14.5. The zero-order chi connectivity index (χ0) is 22.4. The Morgan fingerprint density at radius 2 is 1.17 bits per heavy atom. The first-order valence-corrected chi connectivity index (χ1v) is 8.16. The average molecular weight is 415 g/mol. The van der Waals surface area contributed by atoms with Crippen molar-refractivity contribution >= 4 is 29.3 Å². The molecule has 0 atom stereocenters. The lowest BCUT2D eigenvalue weighted by Gasteiger charge is -2.28. The van der Waals surface area contributed by atoms with Crippen molar-refractivity contribution in [2.45, 2.75) is 26.3 Å². The Morgan fingerprint density at radius 1 is 0.862 bits per heavy atom. The minimum absolute atomic E-state index is 0.235. The lowest BCUT2D eigenvalue weighted by atomic mass is 9.98. The second-order valence-corrected chi connectivity index (χ2v) is 5.15. The molecule has 0 spiro atoms. The number of esters is 3. The molecule has 0 aromatic carbocycles. The highest BCUT2D eigenvalue weighted by Crippen LogP contribution is 2.27. The van der Waals surface area contributed by atoms with Gasteiger partial charge in [-0.05, 0) is 20.8 Å². The highest BCUT2D eigenvalue weighted by atomic mass is 16.6. The minimum Gasteiger partial charge on any atom is -0.463 e. The van der Waals surface area contributed by atoms with Crippen LogP contribution in [-0.4, -0.2) is 52.1 Å². The standard InChI is InChI=1S/C15H17N3O11/c1-4-27-12(20)15(13(21)28-5-2,14(22)29-6-3)16-7-9(17(23)24)11(19)10(8-16)18(25)26/h7-8H,4-6H2,1-3H3. The van der Waals surface area contributed by atoms with Gasteiger partial charge >= 0.3 is 40.3 Å². The number of aromatic nitrogens is 1. The number of pyridine rings is 1. The summed E-state index contributed by atoms with van der Waals surface area (Å²) in [4.78, 5) is 69.9. The fourth-order valence-corrected chi connectivity index (χ4v) is 2.28. The van der Waals surface area contributed by atoms with Crippen molar-refractivity contribution < 1.29 is 38.4 Å². The van der Waals surface area contributed by atoms with Gasteiger partial charge in [0.1, 0.15) is 0 Å². The molecule has 29 heavy (non-hydrogen) atoms. The molecule has 0 aliphatic rings. The summed E-state index contributed by atoms with van der Waals surface area (Å²) >= 11 is 0. The van der Waals surface area contributed by atoms with Crippen molar-refractivity contribution in [2.75, 3.05) is 19.8 Å². The van der Waals surface area contributed by atoms with Crippen LogP contribution in [0.25, 0.3) is 0 Å². The molecule has 0 aliphatic carbocycles. The molecule has 0 bridgehead atoms. The molecular formula is C15H17N3O11. The maximum Gasteiger partial charge on any atom is 0.356 e.